The number of hydrogen-bond acceptors (Lipinski definition) is 5. The molecule has 0 aliphatic rings. The summed E-state index contributed by atoms with van der Waals surface area (Å²) in [4.78, 5) is 30.3. The smallest absolute Gasteiger partial charge is 0.309 e. The number of carbonyl (C=O) groups is 2. The third-order valence-electron chi connectivity index (χ3n) is 2.06. The molecular weight excluding hydrogens is 334 g/mol. The number of pyridine rings is 1. The molecule has 6 nitrogen and oxygen atoms in total. The molecule has 0 saturated carbocycles. The van der Waals surface area contributed by atoms with Crippen molar-refractivity contribution in [2.45, 2.75) is 6.42 Å². The molecule has 0 fully saturated rings. The number of aromatic nitrogens is 2. The van der Waals surface area contributed by atoms with Gasteiger partial charge in [0.1, 0.15) is 5.69 Å². The van der Waals surface area contributed by atoms with E-state index < -0.39 is 5.97 Å². The molecule has 0 spiro atoms. The van der Waals surface area contributed by atoms with Crippen LogP contribution < -0.4 is 5.32 Å². The third-order valence-corrected chi connectivity index (χ3v) is 3.34. The van der Waals surface area contributed by atoms with Gasteiger partial charge in [0.25, 0.3) is 5.91 Å². The van der Waals surface area contributed by atoms with E-state index in [-0.39, 0.29) is 18.0 Å². The number of rotatable bonds is 4. The normalized spacial score (nSPS) is 10.2. The van der Waals surface area contributed by atoms with Gasteiger partial charge in [0.05, 0.1) is 12.1 Å². The number of hydrogen-bond donors (Lipinski definition) is 2. The first-order valence-corrected chi connectivity index (χ1v) is 6.81. The van der Waals surface area contributed by atoms with Crippen molar-refractivity contribution in [2.24, 2.45) is 0 Å². The molecule has 0 saturated heterocycles. The Kier molecular flexibility index (Phi) is 4.23. The number of carboxylic acid groups (broad SMARTS) is 1. The zero-order chi connectivity index (χ0) is 13.8. The van der Waals surface area contributed by atoms with Gasteiger partial charge in [-0.1, -0.05) is 0 Å². The Labute approximate surface area is 120 Å². The molecule has 0 aliphatic heterocycles. The summed E-state index contributed by atoms with van der Waals surface area (Å²) in [5, 5.41) is 13.1. The van der Waals surface area contributed by atoms with Crippen LogP contribution in [0, 0.1) is 0 Å². The maximum Gasteiger partial charge on any atom is 0.309 e. The SMILES string of the molecule is O=C(O)Cc1csc(NC(=O)c2ccc(Br)cn2)n1. The molecule has 8 heteroatoms. The van der Waals surface area contributed by atoms with Crippen LogP contribution in [-0.2, 0) is 11.2 Å². The molecule has 0 radical (unpaired) electrons. The van der Waals surface area contributed by atoms with Crippen LogP contribution in [0.5, 0.6) is 0 Å². The number of halogens is 1. The monoisotopic (exact) mass is 341 g/mol. The number of carboxylic acids is 1. The van der Waals surface area contributed by atoms with E-state index in [1.807, 2.05) is 0 Å². The molecule has 2 heterocycles. The molecule has 0 aliphatic carbocycles. The Hall–Kier alpha value is -1.80. The zero-order valence-electron chi connectivity index (χ0n) is 9.46. The van der Waals surface area contributed by atoms with Gasteiger partial charge in [0.2, 0.25) is 0 Å². The van der Waals surface area contributed by atoms with Gasteiger partial charge in [-0.2, -0.15) is 0 Å². The minimum atomic E-state index is -0.960. The molecule has 2 N–H and O–H groups in total. The molecule has 0 atom stereocenters. The van der Waals surface area contributed by atoms with Crippen molar-refractivity contribution in [1.82, 2.24) is 9.97 Å². The fourth-order valence-corrected chi connectivity index (χ4v) is 2.21. The molecular formula is C11H8BrN3O3S. The Bertz CT molecular complexity index is 612. The first-order valence-electron chi connectivity index (χ1n) is 5.13. The lowest BCUT2D eigenvalue weighted by Crippen LogP contribution is -2.13. The number of nitrogens with one attached hydrogen (secondary N) is 1. The molecule has 0 unspecified atom stereocenters. The van der Waals surface area contributed by atoms with E-state index in [2.05, 4.69) is 31.2 Å². The highest BCUT2D eigenvalue weighted by Gasteiger charge is 2.11. The summed E-state index contributed by atoms with van der Waals surface area (Å²) in [5.41, 5.74) is 0.676. The summed E-state index contributed by atoms with van der Waals surface area (Å²) >= 11 is 4.40. The minimum absolute atomic E-state index is 0.164. The van der Waals surface area contributed by atoms with Crippen LogP contribution in [0.4, 0.5) is 5.13 Å². The third kappa shape index (κ3) is 3.83. The number of anilines is 1. The second-order valence-electron chi connectivity index (χ2n) is 3.53. The van der Waals surface area contributed by atoms with E-state index in [1.165, 1.54) is 17.5 Å². The number of aliphatic carboxylic acids is 1. The first kappa shape index (κ1) is 13.6. The standard InChI is InChI=1S/C11H8BrN3O3S/c12-6-1-2-8(13-4-6)10(18)15-11-14-7(5-19-11)3-9(16)17/h1-2,4-5H,3H2,(H,16,17)(H,14,15,18). The summed E-state index contributed by atoms with van der Waals surface area (Å²) in [6, 6.07) is 3.28. The maximum atomic E-state index is 11.8. The summed E-state index contributed by atoms with van der Waals surface area (Å²) in [5.74, 6) is -1.35. The highest BCUT2D eigenvalue weighted by Crippen LogP contribution is 2.17. The quantitative estimate of drug-likeness (QED) is 0.889. The van der Waals surface area contributed by atoms with Crippen molar-refractivity contribution in [3.05, 3.63) is 39.6 Å². The average Bonchev–Trinajstić information content (AvgIpc) is 2.76. The molecule has 2 rings (SSSR count). The van der Waals surface area contributed by atoms with E-state index in [9.17, 15) is 9.59 Å². The second-order valence-corrected chi connectivity index (χ2v) is 5.30. The zero-order valence-corrected chi connectivity index (χ0v) is 11.9. The highest BCUT2D eigenvalue weighted by atomic mass is 79.9. The van der Waals surface area contributed by atoms with Gasteiger partial charge >= 0.3 is 5.97 Å². The van der Waals surface area contributed by atoms with Crippen LogP contribution in [0.15, 0.2) is 28.2 Å². The molecule has 2 aromatic rings. The van der Waals surface area contributed by atoms with Crippen LogP contribution in [0.25, 0.3) is 0 Å². The predicted octanol–water partition coefficient (Wildman–Crippen LogP) is 2.18. The number of nitrogens with zero attached hydrogens (tertiary/aromatic N) is 2. The molecule has 2 aromatic heterocycles. The van der Waals surface area contributed by atoms with Crippen molar-refractivity contribution in [1.29, 1.82) is 0 Å². The van der Waals surface area contributed by atoms with Crippen molar-refractivity contribution in [3.8, 4) is 0 Å². The lowest BCUT2D eigenvalue weighted by molar-refractivity contribution is -0.136. The van der Waals surface area contributed by atoms with Gasteiger partial charge in [-0.25, -0.2) is 9.97 Å². The van der Waals surface area contributed by atoms with E-state index in [0.29, 0.717) is 10.8 Å². The molecule has 98 valence electrons. The van der Waals surface area contributed by atoms with E-state index in [0.717, 1.165) is 4.47 Å². The van der Waals surface area contributed by atoms with Crippen LogP contribution in [0.3, 0.4) is 0 Å². The van der Waals surface area contributed by atoms with Gasteiger partial charge in [0.15, 0.2) is 5.13 Å². The maximum absolute atomic E-state index is 11.8. The lowest BCUT2D eigenvalue weighted by atomic mass is 10.3. The van der Waals surface area contributed by atoms with Crippen molar-refractivity contribution >= 4 is 44.3 Å². The van der Waals surface area contributed by atoms with Crippen LogP contribution in [0.1, 0.15) is 16.2 Å². The Morgan fingerprint density at radius 3 is 2.84 bits per heavy atom. The van der Waals surface area contributed by atoms with Crippen molar-refractivity contribution < 1.29 is 14.7 Å². The fourth-order valence-electron chi connectivity index (χ4n) is 1.27. The molecule has 0 aromatic carbocycles. The largest absolute Gasteiger partial charge is 0.481 e. The number of thiazole rings is 1. The van der Waals surface area contributed by atoms with E-state index in [1.54, 1.807) is 17.5 Å². The molecule has 19 heavy (non-hydrogen) atoms. The minimum Gasteiger partial charge on any atom is -0.481 e. The van der Waals surface area contributed by atoms with E-state index in [4.69, 9.17) is 5.11 Å². The van der Waals surface area contributed by atoms with Crippen LogP contribution in [0.2, 0.25) is 0 Å². The van der Waals surface area contributed by atoms with Crippen LogP contribution >= 0.6 is 27.3 Å². The summed E-state index contributed by atoms with van der Waals surface area (Å²) in [7, 11) is 0. The van der Waals surface area contributed by atoms with Gasteiger partial charge in [-0.3, -0.25) is 14.9 Å². The first-order chi connectivity index (χ1) is 9.04. The highest BCUT2D eigenvalue weighted by molar-refractivity contribution is 9.10. The topological polar surface area (TPSA) is 92.2 Å². The Morgan fingerprint density at radius 1 is 1.42 bits per heavy atom. The lowest BCUT2D eigenvalue weighted by Gasteiger charge is -2.00. The predicted molar refractivity (Wildman–Crippen MR) is 73.3 cm³/mol. The van der Waals surface area contributed by atoms with E-state index >= 15 is 0 Å². The van der Waals surface area contributed by atoms with Crippen molar-refractivity contribution in [2.75, 3.05) is 5.32 Å². The van der Waals surface area contributed by atoms with Crippen LogP contribution in [-0.4, -0.2) is 27.0 Å². The number of carbonyl (C=O) groups excluding carboxylic acids is 1. The average molecular weight is 342 g/mol. The fraction of sp³-hybridized carbons (Fsp3) is 0.0909. The Morgan fingerprint density at radius 2 is 2.21 bits per heavy atom. The van der Waals surface area contributed by atoms with Gasteiger partial charge < -0.3 is 5.11 Å². The number of amides is 1. The molecule has 0 bridgehead atoms. The summed E-state index contributed by atoms with van der Waals surface area (Å²) in [6.07, 6.45) is 1.36. The summed E-state index contributed by atoms with van der Waals surface area (Å²) in [6.45, 7) is 0. The van der Waals surface area contributed by atoms with Crippen molar-refractivity contribution in [3.63, 3.8) is 0 Å². The Balaban J connectivity index is 2.04. The summed E-state index contributed by atoms with van der Waals surface area (Å²) < 4.78 is 0.780. The second kappa shape index (κ2) is 5.89. The molecule has 1 amide bonds. The van der Waals surface area contributed by atoms with Gasteiger partial charge in [-0.15, -0.1) is 11.3 Å². The van der Waals surface area contributed by atoms with Gasteiger partial charge in [0, 0.05) is 16.0 Å². The van der Waals surface area contributed by atoms with Gasteiger partial charge in [-0.05, 0) is 28.1 Å².